The number of nitrogens with one attached hydrogen (secondary N) is 2. The van der Waals surface area contributed by atoms with Gasteiger partial charge in [-0.15, -0.1) is 0 Å². The molecule has 0 radical (unpaired) electrons. The largest absolute Gasteiger partial charge is 0.354 e. The van der Waals surface area contributed by atoms with Gasteiger partial charge in [-0.1, -0.05) is 22.0 Å². The summed E-state index contributed by atoms with van der Waals surface area (Å²) in [6, 6.07) is 9.92. The first-order valence-electron chi connectivity index (χ1n) is 8.36. The molecule has 1 saturated heterocycles. The lowest BCUT2D eigenvalue weighted by atomic mass is 10.2. The van der Waals surface area contributed by atoms with E-state index in [1.807, 2.05) is 0 Å². The van der Waals surface area contributed by atoms with E-state index in [0.717, 1.165) is 4.31 Å². The highest BCUT2D eigenvalue weighted by Crippen LogP contribution is 2.19. The van der Waals surface area contributed by atoms with Crippen molar-refractivity contribution in [1.82, 2.24) is 14.9 Å². The predicted octanol–water partition coefficient (Wildman–Crippen LogP) is 1.64. The Kier molecular flexibility index (Phi) is 6.11. The van der Waals surface area contributed by atoms with Crippen molar-refractivity contribution in [3.8, 4) is 0 Å². The van der Waals surface area contributed by atoms with Crippen molar-refractivity contribution >= 4 is 37.8 Å². The van der Waals surface area contributed by atoms with Crippen LogP contribution in [0.4, 0.5) is 4.39 Å². The molecule has 1 fully saturated rings. The molecule has 1 heterocycles. The number of benzene rings is 2. The van der Waals surface area contributed by atoms with Gasteiger partial charge in [0.05, 0.1) is 11.4 Å². The van der Waals surface area contributed by atoms with E-state index in [9.17, 15) is 22.4 Å². The molecule has 2 amide bonds. The van der Waals surface area contributed by atoms with Crippen LogP contribution in [-0.2, 0) is 21.4 Å². The van der Waals surface area contributed by atoms with Gasteiger partial charge < -0.3 is 10.6 Å². The van der Waals surface area contributed by atoms with Gasteiger partial charge in [0.1, 0.15) is 5.82 Å². The summed E-state index contributed by atoms with van der Waals surface area (Å²) in [6.07, 6.45) is 0. The Bertz CT molecular complexity index is 1030. The first-order chi connectivity index (χ1) is 13.3. The van der Waals surface area contributed by atoms with E-state index in [0.29, 0.717) is 10.0 Å². The molecule has 10 heteroatoms. The van der Waals surface area contributed by atoms with Crippen LogP contribution in [0.3, 0.4) is 0 Å². The second-order valence-corrected chi connectivity index (χ2v) is 8.99. The molecule has 2 aromatic carbocycles. The SMILES string of the molecule is O=C1CN(S(=O)(=O)c2cccc(C(=O)NCc3cc(Br)ccc3F)c2)CCN1. The summed E-state index contributed by atoms with van der Waals surface area (Å²) in [5, 5.41) is 5.14. The van der Waals surface area contributed by atoms with Gasteiger partial charge in [-0.2, -0.15) is 4.31 Å². The first-order valence-corrected chi connectivity index (χ1v) is 10.6. The number of hydrogen-bond donors (Lipinski definition) is 2. The Hall–Kier alpha value is -2.30. The summed E-state index contributed by atoms with van der Waals surface area (Å²) in [7, 11) is -3.90. The fraction of sp³-hybridized carbons (Fsp3) is 0.222. The molecule has 0 bridgehead atoms. The number of piperazine rings is 1. The van der Waals surface area contributed by atoms with Crippen molar-refractivity contribution in [1.29, 1.82) is 0 Å². The van der Waals surface area contributed by atoms with Crippen LogP contribution in [0, 0.1) is 5.82 Å². The van der Waals surface area contributed by atoms with Gasteiger partial charge in [-0.05, 0) is 36.4 Å². The number of halogens is 2. The molecule has 7 nitrogen and oxygen atoms in total. The molecular weight excluding hydrogens is 453 g/mol. The van der Waals surface area contributed by atoms with Gasteiger partial charge >= 0.3 is 0 Å². The van der Waals surface area contributed by atoms with Crippen molar-refractivity contribution in [2.75, 3.05) is 19.6 Å². The lowest BCUT2D eigenvalue weighted by Gasteiger charge is -2.26. The summed E-state index contributed by atoms with van der Waals surface area (Å²) in [5.41, 5.74) is 0.420. The Morgan fingerprint density at radius 3 is 2.79 bits per heavy atom. The Labute approximate surface area is 170 Å². The van der Waals surface area contributed by atoms with Gasteiger partial charge in [-0.25, -0.2) is 12.8 Å². The normalized spacial score (nSPS) is 15.1. The van der Waals surface area contributed by atoms with E-state index in [-0.39, 0.29) is 42.5 Å². The summed E-state index contributed by atoms with van der Waals surface area (Å²) in [4.78, 5) is 23.8. The summed E-state index contributed by atoms with van der Waals surface area (Å²) >= 11 is 3.24. The smallest absolute Gasteiger partial charge is 0.251 e. The summed E-state index contributed by atoms with van der Waals surface area (Å²) < 4.78 is 41.0. The van der Waals surface area contributed by atoms with Crippen LogP contribution in [0.15, 0.2) is 51.8 Å². The molecule has 0 aliphatic carbocycles. The lowest BCUT2D eigenvalue weighted by molar-refractivity contribution is -0.122. The van der Waals surface area contributed by atoms with Crippen LogP contribution >= 0.6 is 15.9 Å². The number of rotatable bonds is 5. The lowest BCUT2D eigenvalue weighted by Crippen LogP contribution is -2.49. The molecule has 0 unspecified atom stereocenters. The van der Waals surface area contributed by atoms with Crippen LogP contribution < -0.4 is 10.6 Å². The predicted molar refractivity (Wildman–Crippen MR) is 103 cm³/mol. The minimum Gasteiger partial charge on any atom is -0.354 e. The van der Waals surface area contributed by atoms with E-state index in [1.54, 1.807) is 12.1 Å². The van der Waals surface area contributed by atoms with Gasteiger partial charge in [0, 0.05) is 35.2 Å². The molecule has 0 aromatic heterocycles. The van der Waals surface area contributed by atoms with E-state index >= 15 is 0 Å². The van der Waals surface area contributed by atoms with Gasteiger partial charge in [0.2, 0.25) is 15.9 Å². The molecule has 148 valence electrons. The molecule has 1 aliphatic rings. The topological polar surface area (TPSA) is 95.6 Å². The Balaban J connectivity index is 1.76. The molecule has 3 rings (SSSR count). The maximum Gasteiger partial charge on any atom is 0.251 e. The highest BCUT2D eigenvalue weighted by molar-refractivity contribution is 9.10. The van der Waals surface area contributed by atoms with Crippen molar-refractivity contribution < 1.29 is 22.4 Å². The third-order valence-electron chi connectivity index (χ3n) is 4.18. The second-order valence-electron chi connectivity index (χ2n) is 6.13. The maximum absolute atomic E-state index is 13.8. The summed E-state index contributed by atoms with van der Waals surface area (Å²) in [6.45, 7) is 0.0808. The van der Waals surface area contributed by atoms with Crippen LogP contribution in [-0.4, -0.2) is 44.2 Å². The van der Waals surface area contributed by atoms with Crippen LogP contribution in [0.2, 0.25) is 0 Å². The van der Waals surface area contributed by atoms with Crippen molar-refractivity contribution in [2.24, 2.45) is 0 Å². The monoisotopic (exact) mass is 469 g/mol. The molecule has 2 N–H and O–H groups in total. The van der Waals surface area contributed by atoms with E-state index in [2.05, 4.69) is 26.6 Å². The van der Waals surface area contributed by atoms with Gasteiger partial charge in [0.25, 0.3) is 5.91 Å². The first kappa shape index (κ1) is 20.4. The average Bonchev–Trinajstić information content (AvgIpc) is 2.68. The third kappa shape index (κ3) is 4.57. The quantitative estimate of drug-likeness (QED) is 0.695. The second kappa shape index (κ2) is 8.38. The van der Waals surface area contributed by atoms with E-state index < -0.39 is 21.7 Å². The van der Waals surface area contributed by atoms with Gasteiger partial charge in [0.15, 0.2) is 0 Å². The number of sulfonamides is 1. The molecule has 0 spiro atoms. The van der Waals surface area contributed by atoms with Gasteiger partial charge in [-0.3, -0.25) is 9.59 Å². The van der Waals surface area contributed by atoms with Crippen molar-refractivity contribution in [3.63, 3.8) is 0 Å². The zero-order valence-corrected chi connectivity index (χ0v) is 17.0. The third-order valence-corrected chi connectivity index (χ3v) is 6.52. The van der Waals surface area contributed by atoms with Crippen LogP contribution in [0.25, 0.3) is 0 Å². The zero-order chi connectivity index (χ0) is 20.3. The maximum atomic E-state index is 13.8. The highest BCUT2D eigenvalue weighted by atomic mass is 79.9. The number of hydrogen-bond acceptors (Lipinski definition) is 4. The summed E-state index contributed by atoms with van der Waals surface area (Å²) in [5.74, 6) is -1.37. The minimum absolute atomic E-state index is 0.0482. The molecule has 0 saturated carbocycles. The molecule has 28 heavy (non-hydrogen) atoms. The van der Waals surface area contributed by atoms with E-state index in [4.69, 9.17) is 0 Å². The number of amides is 2. The minimum atomic E-state index is -3.90. The highest BCUT2D eigenvalue weighted by Gasteiger charge is 2.29. The molecule has 1 aliphatic heterocycles. The number of carbonyl (C=O) groups excluding carboxylic acids is 2. The van der Waals surface area contributed by atoms with E-state index in [1.165, 1.54) is 30.3 Å². The Morgan fingerprint density at radius 1 is 1.25 bits per heavy atom. The van der Waals surface area contributed by atoms with Crippen LogP contribution in [0.5, 0.6) is 0 Å². The van der Waals surface area contributed by atoms with Crippen LogP contribution in [0.1, 0.15) is 15.9 Å². The fourth-order valence-corrected chi connectivity index (χ4v) is 4.58. The Morgan fingerprint density at radius 2 is 2.04 bits per heavy atom. The van der Waals surface area contributed by atoms with Crippen molar-refractivity contribution in [3.05, 3.63) is 63.9 Å². The number of carbonyl (C=O) groups is 2. The van der Waals surface area contributed by atoms with Crippen molar-refractivity contribution in [2.45, 2.75) is 11.4 Å². The standard InChI is InChI=1S/C18H17BrFN3O4S/c19-14-4-5-16(20)13(8-14)10-22-18(25)12-2-1-3-15(9-12)28(26,27)23-7-6-21-17(24)11-23/h1-5,8-9H,6-7,10-11H2,(H,21,24)(H,22,25). The zero-order valence-electron chi connectivity index (χ0n) is 14.6. The molecule has 0 atom stereocenters. The molecular formula is C18H17BrFN3O4S. The number of nitrogens with zero attached hydrogens (tertiary/aromatic N) is 1. The average molecular weight is 470 g/mol. The molecule has 2 aromatic rings. The fourth-order valence-electron chi connectivity index (χ4n) is 2.72.